The van der Waals surface area contributed by atoms with Gasteiger partial charge in [-0.05, 0) is 14.1 Å². The Morgan fingerprint density at radius 3 is 1.45 bits per heavy atom. The van der Waals surface area contributed by atoms with Crippen LogP contribution in [0.2, 0.25) is 0 Å². The largest absolute Gasteiger partial charge is 0.423 e. The number of hydrogen-bond donors (Lipinski definition) is 3. The smallest absolute Gasteiger partial charge is 0.323 e. The average molecular weight is 187 g/mol. The van der Waals surface area contributed by atoms with Gasteiger partial charge in [-0.25, -0.2) is 5.26 Å². The predicted octanol–water partition coefficient (Wildman–Crippen LogP) is -0.0834. The molecule has 11 heavy (non-hydrogen) atoms. The molecule has 0 heterocycles. The standard InChI is InChI=1S/C2H7N.C2H4.H2O5S/c1-3-2;1-2;1-5-6(2,3)4/h3H,1-2H3;1-2H2;1H,(H,2,3,4). The zero-order chi connectivity index (χ0) is 9.91. The summed E-state index contributed by atoms with van der Waals surface area (Å²) in [5, 5.41) is 9.81. The first-order valence-corrected chi connectivity index (χ1v) is 3.73. The van der Waals surface area contributed by atoms with Gasteiger partial charge < -0.3 is 5.32 Å². The first kappa shape index (κ1) is 16.9. The van der Waals surface area contributed by atoms with Crippen LogP contribution in [0.1, 0.15) is 0 Å². The lowest BCUT2D eigenvalue weighted by molar-refractivity contribution is -0.139. The van der Waals surface area contributed by atoms with Crippen molar-refractivity contribution in [3.63, 3.8) is 0 Å². The fourth-order valence-corrected chi connectivity index (χ4v) is 0. The second kappa shape index (κ2) is 12.2. The third kappa shape index (κ3) is 84.4. The number of hydrogen-bond acceptors (Lipinski definition) is 5. The highest BCUT2D eigenvalue weighted by atomic mass is 32.3. The predicted molar refractivity (Wildman–Crippen MR) is 41.5 cm³/mol. The molecule has 0 aromatic rings. The Morgan fingerprint density at radius 2 is 1.45 bits per heavy atom. The van der Waals surface area contributed by atoms with Crippen LogP contribution in [0.25, 0.3) is 0 Å². The summed E-state index contributed by atoms with van der Waals surface area (Å²) in [6.07, 6.45) is 0. The van der Waals surface area contributed by atoms with Crippen LogP contribution in [0.4, 0.5) is 0 Å². The van der Waals surface area contributed by atoms with E-state index < -0.39 is 10.4 Å². The molecule has 0 aromatic carbocycles. The van der Waals surface area contributed by atoms with E-state index in [4.69, 9.17) is 18.2 Å². The molecule has 0 aliphatic carbocycles. The van der Waals surface area contributed by atoms with E-state index in [2.05, 4.69) is 22.8 Å². The van der Waals surface area contributed by atoms with Crippen molar-refractivity contribution >= 4 is 10.4 Å². The molecule has 0 rings (SSSR count). The van der Waals surface area contributed by atoms with E-state index in [0.717, 1.165) is 0 Å². The quantitative estimate of drug-likeness (QED) is 0.230. The van der Waals surface area contributed by atoms with Gasteiger partial charge in [0.15, 0.2) is 0 Å². The van der Waals surface area contributed by atoms with Crippen molar-refractivity contribution in [1.82, 2.24) is 5.32 Å². The Labute approximate surface area is 66.4 Å². The zero-order valence-electron chi connectivity index (χ0n) is 6.44. The molecule has 0 bridgehead atoms. The molecule has 0 spiro atoms. The van der Waals surface area contributed by atoms with Crippen molar-refractivity contribution in [1.29, 1.82) is 0 Å². The summed E-state index contributed by atoms with van der Waals surface area (Å²) in [6, 6.07) is 0. The molecule has 0 atom stereocenters. The minimum absolute atomic E-state index is 1.88. The molecule has 0 aromatic heterocycles. The Bertz CT molecular complexity index is 143. The zero-order valence-corrected chi connectivity index (χ0v) is 7.26. The summed E-state index contributed by atoms with van der Waals surface area (Å²) in [4.78, 5) is 0. The lowest BCUT2D eigenvalue weighted by Crippen LogP contribution is -1.97. The first-order chi connectivity index (χ1) is 4.97. The third-order valence-electron chi connectivity index (χ3n) is 0.0942. The fraction of sp³-hybridized carbons (Fsp3) is 0.500. The molecule has 0 fully saturated rings. The van der Waals surface area contributed by atoms with E-state index in [9.17, 15) is 0 Å². The monoisotopic (exact) mass is 187 g/mol. The van der Waals surface area contributed by atoms with E-state index in [1.807, 2.05) is 14.1 Å². The van der Waals surface area contributed by atoms with Crippen molar-refractivity contribution in [2.24, 2.45) is 0 Å². The van der Waals surface area contributed by atoms with E-state index in [1.165, 1.54) is 0 Å². The minimum atomic E-state index is -4.61. The maximum absolute atomic E-state index is 9.08. The molecular weight excluding hydrogens is 174 g/mol. The highest BCUT2D eigenvalue weighted by Gasteiger charge is 1.97. The molecule has 0 unspecified atom stereocenters. The molecule has 6 nitrogen and oxygen atoms in total. The maximum atomic E-state index is 9.08. The van der Waals surface area contributed by atoms with Crippen molar-refractivity contribution in [3.8, 4) is 0 Å². The van der Waals surface area contributed by atoms with Crippen LogP contribution in [0.15, 0.2) is 13.2 Å². The van der Waals surface area contributed by atoms with Gasteiger partial charge in [0.25, 0.3) is 0 Å². The van der Waals surface area contributed by atoms with Crippen LogP contribution in [0.3, 0.4) is 0 Å². The van der Waals surface area contributed by atoms with Crippen molar-refractivity contribution in [3.05, 3.63) is 13.2 Å². The van der Waals surface area contributed by atoms with Crippen LogP contribution in [0.5, 0.6) is 0 Å². The van der Waals surface area contributed by atoms with Gasteiger partial charge in [0.05, 0.1) is 0 Å². The summed E-state index contributed by atoms with van der Waals surface area (Å²) >= 11 is 0. The van der Waals surface area contributed by atoms with E-state index in [0.29, 0.717) is 0 Å². The highest BCUT2D eigenvalue weighted by Crippen LogP contribution is 1.74. The van der Waals surface area contributed by atoms with Gasteiger partial charge in [0.1, 0.15) is 0 Å². The Balaban J connectivity index is -0.000000109. The van der Waals surface area contributed by atoms with Gasteiger partial charge in [-0.2, -0.15) is 8.42 Å². The summed E-state index contributed by atoms with van der Waals surface area (Å²) in [7, 11) is -0.856. The topological polar surface area (TPSA) is 95.9 Å². The second-order valence-corrected chi connectivity index (χ2v) is 2.01. The van der Waals surface area contributed by atoms with Crippen molar-refractivity contribution < 1.29 is 22.6 Å². The molecule has 0 aliphatic heterocycles. The molecule has 70 valence electrons. The van der Waals surface area contributed by atoms with Crippen molar-refractivity contribution in [2.45, 2.75) is 0 Å². The molecule has 0 amide bonds. The molecule has 0 saturated carbocycles. The second-order valence-electron chi connectivity index (χ2n) is 1.00. The van der Waals surface area contributed by atoms with E-state index in [1.54, 1.807) is 0 Å². The molecule has 0 saturated heterocycles. The van der Waals surface area contributed by atoms with Crippen LogP contribution in [-0.2, 0) is 14.7 Å². The summed E-state index contributed by atoms with van der Waals surface area (Å²) < 4.78 is 28.0. The minimum Gasteiger partial charge on any atom is -0.323 e. The van der Waals surface area contributed by atoms with Gasteiger partial charge in [-0.3, -0.25) is 4.55 Å². The van der Waals surface area contributed by atoms with Crippen LogP contribution in [-0.4, -0.2) is 32.3 Å². The van der Waals surface area contributed by atoms with Gasteiger partial charge in [0.2, 0.25) is 0 Å². The summed E-state index contributed by atoms with van der Waals surface area (Å²) in [5.74, 6) is 0. The van der Waals surface area contributed by atoms with Crippen LogP contribution < -0.4 is 5.32 Å². The maximum Gasteiger partial charge on any atom is 0.423 e. The van der Waals surface area contributed by atoms with Crippen LogP contribution >= 0.6 is 0 Å². The van der Waals surface area contributed by atoms with E-state index in [-0.39, 0.29) is 0 Å². The fourth-order valence-electron chi connectivity index (χ4n) is 0. The summed E-state index contributed by atoms with van der Waals surface area (Å²) in [6.45, 7) is 6.00. The van der Waals surface area contributed by atoms with Gasteiger partial charge in [-0.15, -0.1) is 13.2 Å². The van der Waals surface area contributed by atoms with E-state index >= 15 is 0 Å². The van der Waals surface area contributed by atoms with Gasteiger partial charge in [0, 0.05) is 0 Å². The highest BCUT2D eigenvalue weighted by molar-refractivity contribution is 7.80. The Hall–Kier alpha value is -0.470. The summed E-state index contributed by atoms with van der Waals surface area (Å²) in [5.41, 5.74) is 0. The normalized spacial score (nSPS) is 8.36. The average Bonchev–Trinajstić information content (AvgIpc) is 1.93. The SMILES string of the molecule is C=C.CNC.O=S(=O)(O)OO. The van der Waals surface area contributed by atoms with Crippen molar-refractivity contribution in [2.75, 3.05) is 14.1 Å². The number of rotatable bonds is 1. The molecule has 7 heteroatoms. The van der Waals surface area contributed by atoms with Crippen LogP contribution in [0, 0.1) is 0 Å². The molecule has 0 radical (unpaired) electrons. The van der Waals surface area contributed by atoms with Gasteiger partial charge >= 0.3 is 10.4 Å². The Morgan fingerprint density at radius 1 is 1.36 bits per heavy atom. The molecule has 0 aliphatic rings. The lowest BCUT2D eigenvalue weighted by atomic mass is 11.3. The Kier molecular flexibility index (Phi) is 18.8. The molecule has 3 N–H and O–H groups in total. The lowest BCUT2D eigenvalue weighted by Gasteiger charge is -1.79. The van der Waals surface area contributed by atoms with Gasteiger partial charge in [-0.1, -0.05) is 4.33 Å². The first-order valence-electron chi connectivity index (χ1n) is 2.37. The number of nitrogens with one attached hydrogen (secondary N) is 1. The molecular formula is C4H13NO5S. The third-order valence-corrected chi connectivity index (χ3v) is 0.283.